The van der Waals surface area contributed by atoms with Gasteiger partial charge in [0.15, 0.2) is 5.78 Å². The third-order valence-electron chi connectivity index (χ3n) is 5.59. The zero-order valence-corrected chi connectivity index (χ0v) is 13.4. The van der Waals surface area contributed by atoms with Gasteiger partial charge < -0.3 is 9.64 Å². The first kappa shape index (κ1) is 15.2. The van der Waals surface area contributed by atoms with E-state index in [4.69, 9.17) is 4.74 Å². The monoisotopic (exact) mass is 301 g/mol. The Morgan fingerprint density at radius 3 is 2.55 bits per heavy atom. The summed E-state index contributed by atoms with van der Waals surface area (Å²) in [7, 11) is 3.41. The summed E-state index contributed by atoms with van der Waals surface area (Å²) in [6.07, 6.45) is 0.812. The Morgan fingerprint density at radius 1 is 1.23 bits per heavy atom. The second kappa shape index (κ2) is 5.51. The number of ketones is 1. The number of amides is 1. The Morgan fingerprint density at radius 2 is 1.91 bits per heavy atom. The minimum atomic E-state index is -0.637. The van der Waals surface area contributed by atoms with Crippen LogP contribution in [0.3, 0.4) is 0 Å². The van der Waals surface area contributed by atoms with Crippen LogP contribution in [0.1, 0.15) is 25.3 Å². The van der Waals surface area contributed by atoms with Crippen molar-refractivity contribution in [1.82, 2.24) is 4.90 Å². The molecule has 1 amide bonds. The average Bonchev–Trinajstić information content (AvgIpc) is 2.55. The highest BCUT2D eigenvalue weighted by molar-refractivity contribution is 5.95. The van der Waals surface area contributed by atoms with Gasteiger partial charge in [-0.05, 0) is 24.3 Å². The molecule has 1 saturated heterocycles. The maximum Gasteiger partial charge on any atom is 0.233 e. The number of methoxy groups -OCH3 is 1. The van der Waals surface area contributed by atoms with Crippen LogP contribution >= 0.6 is 0 Å². The van der Waals surface area contributed by atoms with E-state index in [9.17, 15) is 9.59 Å². The van der Waals surface area contributed by atoms with Gasteiger partial charge in [0.05, 0.1) is 5.41 Å². The molecule has 3 rings (SSSR count). The zero-order chi connectivity index (χ0) is 15.9. The second-order valence-electron chi connectivity index (χ2n) is 6.58. The SMILES string of the molecule is COC1C[C@]2(c3ccccc3)C(=O)N(C)CC[C@H]2[C@H](C)C1=O. The third-order valence-corrected chi connectivity index (χ3v) is 5.59. The molecule has 118 valence electrons. The van der Waals surface area contributed by atoms with Crippen LogP contribution < -0.4 is 0 Å². The number of Topliss-reactive ketones (excluding diaryl/α,β-unsaturated/α-hetero) is 1. The smallest absolute Gasteiger partial charge is 0.233 e. The van der Waals surface area contributed by atoms with Crippen molar-refractivity contribution in [3.8, 4) is 0 Å². The number of carbonyl (C=O) groups excluding carboxylic acids is 2. The molecular formula is C18H23NO3. The van der Waals surface area contributed by atoms with E-state index in [1.807, 2.05) is 44.3 Å². The van der Waals surface area contributed by atoms with E-state index in [1.165, 1.54) is 0 Å². The van der Waals surface area contributed by atoms with Crippen molar-refractivity contribution in [1.29, 1.82) is 0 Å². The van der Waals surface area contributed by atoms with Crippen molar-refractivity contribution in [3.63, 3.8) is 0 Å². The molecule has 1 heterocycles. The van der Waals surface area contributed by atoms with E-state index >= 15 is 0 Å². The predicted molar refractivity (Wildman–Crippen MR) is 83.4 cm³/mol. The van der Waals surface area contributed by atoms with Crippen LogP contribution in [-0.4, -0.2) is 43.4 Å². The fraction of sp³-hybridized carbons (Fsp3) is 0.556. The summed E-state index contributed by atoms with van der Waals surface area (Å²) >= 11 is 0. The number of benzene rings is 1. The van der Waals surface area contributed by atoms with Crippen LogP contribution in [0, 0.1) is 11.8 Å². The standard InChI is InChI=1S/C18H23NO3/c1-12-14-9-10-19(2)17(21)18(14,11-15(22-3)16(12)20)13-7-5-4-6-8-13/h4-8,12,14-15H,9-11H2,1-3H3/t12-,14-,15?,18+/m0/s1. The number of ether oxygens (including phenoxy) is 1. The summed E-state index contributed by atoms with van der Waals surface area (Å²) in [5.74, 6) is 0.154. The molecule has 1 aliphatic carbocycles. The Labute approximate surface area is 131 Å². The molecule has 0 N–H and O–H groups in total. The number of carbonyl (C=O) groups is 2. The van der Waals surface area contributed by atoms with Crippen LogP contribution in [0.5, 0.6) is 0 Å². The van der Waals surface area contributed by atoms with E-state index < -0.39 is 11.5 Å². The molecule has 4 heteroatoms. The number of likely N-dealkylation sites (N-methyl/N-ethyl adjacent to an activating group) is 1. The molecule has 1 saturated carbocycles. The molecule has 1 unspecified atom stereocenters. The van der Waals surface area contributed by atoms with E-state index in [-0.39, 0.29) is 23.5 Å². The summed E-state index contributed by atoms with van der Waals surface area (Å²) in [5, 5.41) is 0. The van der Waals surface area contributed by atoms with E-state index in [1.54, 1.807) is 12.0 Å². The van der Waals surface area contributed by atoms with Gasteiger partial charge in [0, 0.05) is 26.6 Å². The van der Waals surface area contributed by atoms with Gasteiger partial charge in [-0.1, -0.05) is 37.3 Å². The number of rotatable bonds is 2. The molecule has 4 atom stereocenters. The van der Waals surface area contributed by atoms with Gasteiger partial charge in [-0.2, -0.15) is 0 Å². The molecule has 1 aliphatic heterocycles. The average molecular weight is 301 g/mol. The van der Waals surface area contributed by atoms with Crippen molar-refractivity contribution >= 4 is 11.7 Å². The van der Waals surface area contributed by atoms with Crippen molar-refractivity contribution < 1.29 is 14.3 Å². The normalized spacial score (nSPS) is 35.4. The molecule has 4 nitrogen and oxygen atoms in total. The molecular weight excluding hydrogens is 278 g/mol. The number of nitrogens with zero attached hydrogens (tertiary/aromatic N) is 1. The maximum absolute atomic E-state index is 13.2. The quantitative estimate of drug-likeness (QED) is 0.839. The summed E-state index contributed by atoms with van der Waals surface area (Å²) in [6, 6.07) is 9.91. The lowest BCUT2D eigenvalue weighted by Crippen LogP contribution is -2.63. The highest BCUT2D eigenvalue weighted by atomic mass is 16.5. The van der Waals surface area contributed by atoms with Gasteiger partial charge in [-0.3, -0.25) is 9.59 Å². The van der Waals surface area contributed by atoms with Crippen LogP contribution in [0.25, 0.3) is 0 Å². The predicted octanol–water partition coefficient (Wildman–Crippen LogP) is 2.03. The fourth-order valence-electron chi connectivity index (χ4n) is 4.37. The number of fused-ring (bicyclic) bond motifs is 1. The van der Waals surface area contributed by atoms with E-state index in [2.05, 4.69) is 0 Å². The lowest BCUT2D eigenvalue weighted by Gasteiger charge is -2.52. The first-order valence-electron chi connectivity index (χ1n) is 7.90. The third kappa shape index (κ3) is 2.01. The number of hydrogen-bond acceptors (Lipinski definition) is 3. The van der Waals surface area contributed by atoms with Crippen LogP contribution in [0.4, 0.5) is 0 Å². The molecule has 0 aromatic heterocycles. The van der Waals surface area contributed by atoms with Gasteiger partial charge in [0.1, 0.15) is 6.10 Å². The molecule has 2 aliphatic rings. The Bertz CT molecular complexity index is 585. The first-order chi connectivity index (χ1) is 10.5. The Kier molecular flexibility index (Phi) is 3.81. The lowest BCUT2D eigenvalue weighted by molar-refractivity contribution is -0.158. The zero-order valence-electron chi connectivity index (χ0n) is 13.4. The minimum Gasteiger partial charge on any atom is -0.374 e. The topological polar surface area (TPSA) is 46.6 Å². The van der Waals surface area contributed by atoms with Gasteiger partial charge in [0.2, 0.25) is 5.91 Å². The molecule has 0 bridgehead atoms. The second-order valence-corrected chi connectivity index (χ2v) is 6.58. The maximum atomic E-state index is 13.2. The minimum absolute atomic E-state index is 0.0532. The fourth-order valence-corrected chi connectivity index (χ4v) is 4.37. The lowest BCUT2D eigenvalue weighted by atomic mass is 9.55. The summed E-state index contributed by atoms with van der Waals surface area (Å²) in [5.41, 5.74) is 0.375. The molecule has 2 fully saturated rings. The van der Waals surface area contributed by atoms with Crippen LogP contribution in [0.2, 0.25) is 0 Å². The van der Waals surface area contributed by atoms with Gasteiger partial charge in [0.25, 0.3) is 0 Å². The highest BCUT2D eigenvalue weighted by Gasteiger charge is 2.59. The Balaban J connectivity index is 2.16. The van der Waals surface area contributed by atoms with Crippen molar-refractivity contribution in [2.24, 2.45) is 11.8 Å². The Hall–Kier alpha value is -1.68. The van der Waals surface area contributed by atoms with Crippen LogP contribution in [-0.2, 0) is 19.7 Å². The summed E-state index contributed by atoms with van der Waals surface area (Å²) < 4.78 is 5.43. The highest BCUT2D eigenvalue weighted by Crippen LogP contribution is 2.50. The number of likely N-dealkylation sites (tertiary alicyclic amines) is 1. The van der Waals surface area contributed by atoms with Gasteiger partial charge in [-0.25, -0.2) is 0 Å². The van der Waals surface area contributed by atoms with E-state index in [0.717, 1.165) is 12.0 Å². The molecule has 1 aromatic carbocycles. The van der Waals surface area contributed by atoms with Gasteiger partial charge in [-0.15, -0.1) is 0 Å². The summed E-state index contributed by atoms with van der Waals surface area (Å²) in [4.78, 5) is 27.5. The van der Waals surface area contributed by atoms with Crippen molar-refractivity contribution in [2.45, 2.75) is 31.3 Å². The van der Waals surface area contributed by atoms with Crippen LogP contribution in [0.15, 0.2) is 30.3 Å². The van der Waals surface area contributed by atoms with Crippen molar-refractivity contribution in [3.05, 3.63) is 35.9 Å². The molecule has 0 radical (unpaired) electrons. The first-order valence-corrected chi connectivity index (χ1v) is 7.90. The van der Waals surface area contributed by atoms with E-state index in [0.29, 0.717) is 13.0 Å². The molecule has 1 aromatic rings. The van der Waals surface area contributed by atoms with Crippen molar-refractivity contribution in [2.75, 3.05) is 20.7 Å². The number of hydrogen-bond donors (Lipinski definition) is 0. The molecule has 22 heavy (non-hydrogen) atoms. The summed E-state index contributed by atoms with van der Waals surface area (Å²) in [6.45, 7) is 2.67. The largest absolute Gasteiger partial charge is 0.374 e. The molecule has 0 spiro atoms. The number of piperidine rings is 1. The van der Waals surface area contributed by atoms with Gasteiger partial charge >= 0.3 is 0 Å².